The molecule has 3 nitrogen and oxygen atoms in total. The second-order valence-corrected chi connectivity index (χ2v) is 8.93. The van der Waals surface area contributed by atoms with Crippen LogP contribution < -0.4 is 0 Å². The van der Waals surface area contributed by atoms with Crippen LogP contribution in [0.4, 0.5) is 0 Å². The van der Waals surface area contributed by atoms with Crippen molar-refractivity contribution in [3.05, 3.63) is 107 Å². The zero-order valence-corrected chi connectivity index (χ0v) is 19.3. The van der Waals surface area contributed by atoms with Crippen LogP contribution in [0.1, 0.15) is 19.2 Å². The lowest BCUT2D eigenvalue weighted by Gasteiger charge is -2.15. The highest BCUT2D eigenvalue weighted by Gasteiger charge is 2.16. The van der Waals surface area contributed by atoms with Gasteiger partial charge in [-0.05, 0) is 47.2 Å². The molecule has 1 aromatic heterocycles. The second-order valence-electron chi connectivity index (χ2n) is 8.02. The Morgan fingerprint density at radius 3 is 2.09 bits per heavy atom. The maximum atomic E-state index is 4.90. The van der Waals surface area contributed by atoms with Gasteiger partial charge in [-0.25, -0.2) is 15.0 Å². The average molecular weight is 480 g/mol. The lowest BCUT2D eigenvalue weighted by atomic mass is 9.95. The average Bonchev–Trinajstić information content (AvgIpc) is 2.85. The number of halogens is 1. The molecule has 1 aliphatic carbocycles. The van der Waals surface area contributed by atoms with Crippen molar-refractivity contribution in [2.24, 2.45) is 5.92 Å². The minimum Gasteiger partial charge on any atom is -0.209 e. The Morgan fingerprint density at radius 1 is 0.688 bits per heavy atom. The van der Waals surface area contributed by atoms with Crippen molar-refractivity contribution in [3.63, 3.8) is 0 Å². The minimum absolute atomic E-state index is 0.469. The molecule has 0 bridgehead atoms. The van der Waals surface area contributed by atoms with Crippen LogP contribution in [0.3, 0.4) is 0 Å². The molecule has 1 aliphatic rings. The van der Waals surface area contributed by atoms with E-state index in [1.807, 2.05) is 30.3 Å². The Morgan fingerprint density at radius 2 is 1.34 bits per heavy atom. The summed E-state index contributed by atoms with van der Waals surface area (Å²) in [6.45, 7) is 2.21. The van der Waals surface area contributed by atoms with Crippen LogP contribution in [0.5, 0.6) is 0 Å². The predicted octanol–water partition coefficient (Wildman–Crippen LogP) is 7.61. The normalized spacial score (nSPS) is 15.4. The van der Waals surface area contributed by atoms with E-state index in [1.54, 1.807) is 0 Å². The van der Waals surface area contributed by atoms with Gasteiger partial charge in [0.05, 0.1) is 0 Å². The molecule has 5 rings (SSSR count). The summed E-state index contributed by atoms with van der Waals surface area (Å²) < 4.78 is 1.07. The second kappa shape index (κ2) is 9.01. The van der Waals surface area contributed by atoms with Crippen molar-refractivity contribution in [1.29, 1.82) is 0 Å². The third-order valence-electron chi connectivity index (χ3n) is 5.53. The molecule has 0 N–H and O–H groups in total. The smallest absolute Gasteiger partial charge is 0.164 e. The first kappa shape index (κ1) is 20.5. The predicted molar refractivity (Wildman–Crippen MR) is 135 cm³/mol. The van der Waals surface area contributed by atoms with E-state index in [1.165, 1.54) is 0 Å². The van der Waals surface area contributed by atoms with E-state index in [0.717, 1.165) is 44.5 Å². The van der Waals surface area contributed by atoms with Crippen molar-refractivity contribution in [2.75, 3.05) is 0 Å². The third-order valence-corrected chi connectivity index (χ3v) is 6.06. The van der Waals surface area contributed by atoms with Gasteiger partial charge >= 0.3 is 0 Å². The first-order chi connectivity index (χ1) is 15.7. The Labute approximate surface area is 196 Å². The van der Waals surface area contributed by atoms with Gasteiger partial charge in [-0.3, -0.25) is 0 Å². The molecule has 156 valence electrons. The third kappa shape index (κ3) is 4.46. The van der Waals surface area contributed by atoms with E-state index < -0.39 is 0 Å². The fraction of sp³-hybridized carbons (Fsp3) is 0.107. The molecule has 1 atom stereocenters. The van der Waals surface area contributed by atoms with Crippen LogP contribution in [0.15, 0.2) is 102 Å². The summed E-state index contributed by atoms with van der Waals surface area (Å²) in [7, 11) is 0. The number of aromatic nitrogens is 3. The Balaban J connectivity index is 1.63. The number of allylic oxidation sites excluding steroid dienone is 4. The van der Waals surface area contributed by atoms with Crippen LogP contribution >= 0.6 is 15.9 Å². The molecule has 1 unspecified atom stereocenters. The van der Waals surface area contributed by atoms with Crippen molar-refractivity contribution in [2.45, 2.75) is 13.3 Å². The first-order valence-electron chi connectivity index (χ1n) is 10.7. The van der Waals surface area contributed by atoms with E-state index in [9.17, 15) is 0 Å². The highest BCUT2D eigenvalue weighted by Crippen LogP contribution is 2.30. The SMILES string of the molecule is CC1C=CC=C(c2nc(-c3ccccc3)nc(-c3cccc(-c4ccc(Br)cc4)c3)n2)C1. The van der Waals surface area contributed by atoms with Crippen LogP contribution in [0, 0.1) is 5.92 Å². The highest BCUT2D eigenvalue weighted by molar-refractivity contribution is 9.10. The number of rotatable bonds is 4. The van der Waals surface area contributed by atoms with Gasteiger partial charge in [-0.15, -0.1) is 0 Å². The molecular weight excluding hydrogens is 458 g/mol. The topological polar surface area (TPSA) is 38.7 Å². The molecule has 4 heteroatoms. The summed E-state index contributed by atoms with van der Waals surface area (Å²) in [6, 6.07) is 26.8. The summed E-state index contributed by atoms with van der Waals surface area (Å²) in [4.78, 5) is 14.6. The summed E-state index contributed by atoms with van der Waals surface area (Å²) in [5.74, 6) is 2.61. The number of hydrogen-bond acceptors (Lipinski definition) is 3. The van der Waals surface area contributed by atoms with Gasteiger partial charge in [0.1, 0.15) is 0 Å². The molecule has 0 amide bonds. The standard InChI is InChI=1S/C28H22BrN3/c1-19-7-5-11-23(17-19)27-30-26(21-8-3-2-4-9-21)31-28(32-27)24-12-6-10-22(18-24)20-13-15-25(29)16-14-20/h2-16,18-19H,17H2,1H3. The van der Waals surface area contributed by atoms with Crippen LogP contribution in [0.2, 0.25) is 0 Å². The minimum atomic E-state index is 0.469. The van der Waals surface area contributed by atoms with Crippen molar-refractivity contribution >= 4 is 21.5 Å². The molecular formula is C28H22BrN3. The van der Waals surface area contributed by atoms with Gasteiger partial charge in [-0.1, -0.05) is 102 Å². The number of benzene rings is 3. The fourth-order valence-electron chi connectivity index (χ4n) is 3.86. The van der Waals surface area contributed by atoms with E-state index in [0.29, 0.717) is 17.6 Å². The lowest BCUT2D eigenvalue weighted by Crippen LogP contribution is -2.06. The van der Waals surface area contributed by atoms with Crippen molar-refractivity contribution in [3.8, 4) is 33.9 Å². The van der Waals surface area contributed by atoms with Gasteiger partial charge in [0.2, 0.25) is 0 Å². The highest BCUT2D eigenvalue weighted by atomic mass is 79.9. The Hall–Kier alpha value is -3.37. The largest absolute Gasteiger partial charge is 0.209 e. The van der Waals surface area contributed by atoms with Crippen LogP contribution in [0.25, 0.3) is 39.5 Å². The van der Waals surface area contributed by atoms with Gasteiger partial charge in [0, 0.05) is 15.6 Å². The number of hydrogen-bond donors (Lipinski definition) is 0. The Kier molecular flexibility index (Phi) is 5.78. The molecule has 0 aliphatic heterocycles. The van der Waals surface area contributed by atoms with Gasteiger partial charge in [0.15, 0.2) is 17.5 Å². The van der Waals surface area contributed by atoms with Crippen molar-refractivity contribution < 1.29 is 0 Å². The molecule has 0 fully saturated rings. The molecule has 0 radical (unpaired) electrons. The van der Waals surface area contributed by atoms with Gasteiger partial charge in [-0.2, -0.15) is 0 Å². The molecule has 32 heavy (non-hydrogen) atoms. The zero-order chi connectivity index (χ0) is 21.9. The monoisotopic (exact) mass is 479 g/mol. The first-order valence-corrected chi connectivity index (χ1v) is 11.5. The quantitative estimate of drug-likeness (QED) is 0.302. The maximum Gasteiger partial charge on any atom is 0.164 e. The van der Waals surface area contributed by atoms with Crippen LogP contribution in [-0.2, 0) is 0 Å². The van der Waals surface area contributed by atoms with E-state index in [2.05, 4.69) is 89.6 Å². The van der Waals surface area contributed by atoms with E-state index >= 15 is 0 Å². The molecule has 4 aromatic rings. The molecule has 0 spiro atoms. The summed E-state index contributed by atoms with van der Waals surface area (Å²) in [5, 5.41) is 0. The molecule has 3 aromatic carbocycles. The van der Waals surface area contributed by atoms with Crippen molar-refractivity contribution in [1.82, 2.24) is 15.0 Å². The molecule has 0 saturated heterocycles. The molecule has 0 saturated carbocycles. The Bertz CT molecular complexity index is 1310. The van der Waals surface area contributed by atoms with E-state index in [4.69, 9.17) is 15.0 Å². The molecule has 1 heterocycles. The van der Waals surface area contributed by atoms with Gasteiger partial charge < -0.3 is 0 Å². The zero-order valence-electron chi connectivity index (χ0n) is 17.7. The summed E-state index contributed by atoms with van der Waals surface area (Å²) in [6.07, 6.45) is 7.36. The maximum absolute atomic E-state index is 4.90. The van der Waals surface area contributed by atoms with Gasteiger partial charge in [0.25, 0.3) is 0 Å². The summed E-state index contributed by atoms with van der Waals surface area (Å²) in [5.41, 5.74) is 5.39. The van der Waals surface area contributed by atoms with E-state index in [-0.39, 0.29) is 0 Å². The lowest BCUT2D eigenvalue weighted by molar-refractivity contribution is 0.742. The summed E-state index contributed by atoms with van der Waals surface area (Å²) >= 11 is 3.51. The van der Waals surface area contributed by atoms with Crippen LogP contribution in [-0.4, -0.2) is 15.0 Å². The fourth-order valence-corrected chi connectivity index (χ4v) is 4.12. The number of nitrogens with zero attached hydrogens (tertiary/aromatic N) is 3.